The van der Waals surface area contributed by atoms with E-state index in [0.29, 0.717) is 32.8 Å². The second kappa shape index (κ2) is 7.72. The number of amides is 1. The maximum absolute atomic E-state index is 12.5. The summed E-state index contributed by atoms with van der Waals surface area (Å²) in [5, 5.41) is 3.63. The number of rotatable bonds is 4. The highest BCUT2D eigenvalue weighted by molar-refractivity contribution is 6.35. The number of hydrogen-bond acceptors (Lipinski definition) is 4. The van der Waals surface area contributed by atoms with E-state index in [1.807, 2.05) is 24.3 Å². The Morgan fingerprint density at radius 1 is 1.08 bits per heavy atom. The Kier molecular flexibility index (Phi) is 5.40. The number of anilines is 1. The molecule has 0 bridgehead atoms. The number of methoxy groups -OCH3 is 1. The minimum absolute atomic E-state index is 0.331. The Balaban J connectivity index is 1.83. The lowest BCUT2D eigenvalue weighted by Gasteiger charge is -2.09. The number of carbonyl (C=O) groups excluding carboxylic acids is 1. The van der Waals surface area contributed by atoms with Crippen LogP contribution in [0, 0.1) is 6.92 Å². The molecule has 1 aromatic heterocycles. The average Bonchev–Trinajstić information content (AvgIpc) is 2.60. The SMILES string of the molecule is COc1ccc(-c2ncc(C(=O)Nc3cc(Cl)cc(Cl)c3)c(C)n2)cc1. The maximum atomic E-state index is 12.5. The number of aryl methyl sites for hydroxylation is 1. The molecule has 0 saturated heterocycles. The standard InChI is InChI=1S/C19H15Cl2N3O2/c1-11-17(19(25)24-15-8-13(20)7-14(21)9-15)10-22-18(23-11)12-3-5-16(26-2)6-4-12/h3-10H,1-2H3,(H,24,25). The third kappa shape index (κ3) is 4.12. The molecule has 26 heavy (non-hydrogen) atoms. The van der Waals surface area contributed by atoms with Gasteiger partial charge in [-0.15, -0.1) is 0 Å². The van der Waals surface area contributed by atoms with Gasteiger partial charge in [0.2, 0.25) is 0 Å². The average molecular weight is 388 g/mol. The normalized spacial score (nSPS) is 10.5. The van der Waals surface area contributed by atoms with Crippen LogP contribution in [0.15, 0.2) is 48.7 Å². The molecule has 0 aliphatic heterocycles. The van der Waals surface area contributed by atoms with Crippen molar-refractivity contribution in [2.45, 2.75) is 6.92 Å². The molecule has 2 aromatic carbocycles. The number of carbonyl (C=O) groups is 1. The molecule has 1 amide bonds. The first-order chi connectivity index (χ1) is 12.5. The van der Waals surface area contributed by atoms with Crippen molar-refractivity contribution in [3.8, 4) is 17.1 Å². The van der Waals surface area contributed by atoms with Crippen LogP contribution in [0.25, 0.3) is 11.4 Å². The number of nitrogens with one attached hydrogen (secondary N) is 1. The zero-order valence-electron chi connectivity index (χ0n) is 14.1. The quantitative estimate of drug-likeness (QED) is 0.682. The first-order valence-electron chi connectivity index (χ1n) is 7.72. The van der Waals surface area contributed by atoms with Crippen molar-refractivity contribution >= 4 is 34.8 Å². The van der Waals surface area contributed by atoms with Crippen molar-refractivity contribution in [1.29, 1.82) is 0 Å². The molecule has 0 aliphatic carbocycles. The Morgan fingerprint density at radius 3 is 2.31 bits per heavy atom. The van der Waals surface area contributed by atoms with Gasteiger partial charge in [-0.1, -0.05) is 23.2 Å². The number of halogens is 2. The van der Waals surface area contributed by atoms with Crippen LogP contribution < -0.4 is 10.1 Å². The van der Waals surface area contributed by atoms with Crippen LogP contribution in [0.3, 0.4) is 0 Å². The van der Waals surface area contributed by atoms with Gasteiger partial charge >= 0.3 is 0 Å². The molecular weight excluding hydrogens is 373 g/mol. The van der Waals surface area contributed by atoms with E-state index in [-0.39, 0.29) is 5.91 Å². The third-order valence-corrected chi connectivity index (χ3v) is 4.13. The van der Waals surface area contributed by atoms with E-state index >= 15 is 0 Å². The van der Waals surface area contributed by atoms with E-state index in [0.717, 1.165) is 11.3 Å². The minimum Gasteiger partial charge on any atom is -0.497 e. The lowest BCUT2D eigenvalue weighted by atomic mass is 10.1. The smallest absolute Gasteiger partial charge is 0.259 e. The van der Waals surface area contributed by atoms with E-state index in [2.05, 4.69) is 15.3 Å². The van der Waals surface area contributed by atoms with Crippen molar-refractivity contribution in [3.05, 3.63) is 70.0 Å². The Labute approximate surface area is 161 Å². The molecule has 0 saturated carbocycles. The van der Waals surface area contributed by atoms with Crippen LogP contribution in [-0.2, 0) is 0 Å². The number of benzene rings is 2. The topological polar surface area (TPSA) is 64.1 Å². The van der Waals surface area contributed by atoms with Gasteiger partial charge in [0.15, 0.2) is 5.82 Å². The summed E-state index contributed by atoms with van der Waals surface area (Å²) < 4.78 is 5.14. The molecule has 0 atom stereocenters. The van der Waals surface area contributed by atoms with Gasteiger partial charge < -0.3 is 10.1 Å². The lowest BCUT2D eigenvalue weighted by molar-refractivity contribution is 0.102. The zero-order valence-corrected chi connectivity index (χ0v) is 15.6. The lowest BCUT2D eigenvalue weighted by Crippen LogP contribution is -2.15. The maximum Gasteiger partial charge on any atom is 0.259 e. The first-order valence-corrected chi connectivity index (χ1v) is 8.47. The predicted octanol–water partition coefficient (Wildman–Crippen LogP) is 5.02. The monoisotopic (exact) mass is 387 g/mol. The molecule has 132 valence electrons. The highest BCUT2D eigenvalue weighted by Gasteiger charge is 2.13. The molecule has 1 heterocycles. The molecular formula is C19H15Cl2N3O2. The number of nitrogens with zero attached hydrogens (tertiary/aromatic N) is 2. The van der Waals surface area contributed by atoms with E-state index < -0.39 is 0 Å². The highest BCUT2D eigenvalue weighted by Crippen LogP contribution is 2.24. The predicted molar refractivity (Wildman–Crippen MR) is 103 cm³/mol. The third-order valence-electron chi connectivity index (χ3n) is 3.69. The van der Waals surface area contributed by atoms with Crippen LogP contribution in [0.4, 0.5) is 5.69 Å². The first kappa shape index (κ1) is 18.2. The summed E-state index contributed by atoms with van der Waals surface area (Å²) in [6.45, 7) is 1.76. The Bertz CT molecular complexity index is 939. The molecule has 5 nitrogen and oxygen atoms in total. The molecule has 0 unspecified atom stereocenters. The number of hydrogen-bond donors (Lipinski definition) is 1. The van der Waals surface area contributed by atoms with E-state index in [1.54, 1.807) is 32.2 Å². The van der Waals surface area contributed by atoms with Gasteiger partial charge in [-0.3, -0.25) is 4.79 Å². The highest BCUT2D eigenvalue weighted by atomic mass is 35.5. The van der Waals surface area contributed by atoms with Crippen LogP contribution in [0.1, 0.15) is 16.1 Å². The summed E-state index contributed by atoms with van der Waals surface area (Å²) >= 11 is 11.9. The molecule has 3 rings (SSSR count). The van der Waals surface area contributed by atoms with E-state index in [1.165, 1.54) is 6.20 Å². The summed E-state index contributed by atoms with van der Waals surface area (Å²) in [6.07, 6.45) is 1.50. The van der Waals surface area contributed by atoms with Gasteiger partial charge in [0, 0.05) is 27.5 Å². The van der Waals surface area contributed by atoms with Crippen molar-refractivity contribution in [2.24, 2.45) is 0 Å². The van der Waals surface area contributed by atoms with Crippen LogP contribution >= 0.6 is 23.2 Å². The molecule has 0 aliphatic rings. The van der Waals surface area contributed by atoms with E-state index in [4.69, 9.17) is 27.9 Å². The molecule has 3 aromatic rings. The summed E-state index contributed by atoms with van der Waals surface area (Å²) in [7, 11) is 1.61. The molecule has 0 spiro atoms. The zero-order chi connectivity index (χ0) is 18.7. The number of aromatic nitrogens is 2. The van der Waals surface area contributed by atoms with Crippen molar-refractivity contribution < 1.29 is 9.53 Å². The van der Waals surface area contributed by atoms with Gasteiger partial charge in [-0.05, 0) is 49.4 Å². The fourth-order valence-corrected chi connectivity index (χ4v) is 2.92. The Hall–Kier alpha value is -2.63. The van der Waals surface area contributed by atoms with Crippen molar-refractivity contribution in [3.63, 3.8) is 0 Å². The fraction of sp³-hybridized carbons (Fsp3) is 0.105. The van der Waals surface area contributed by atoms with Gasteiger partial charge in [0.05, 0.1) is 18.4 Å². The number of ether oxygens (including phenoxy) is 1. The summed E-state index contributed by atoms with van der Waals surface area (Å²) in [5.74, 6) is 0.955. The van der Waals surface area contributed by atoms with Gasteiger partial charge in [0.1, 0.15) is 5.75 Å². The van der Waals surface area contributed by atoms with Gasteiger partial charge in [0.25, 0.3) is 5.91 Å². The molecule has 7 heteroatoms. The Morgan fingerprint density at radius 2 is 1.73 bits per heavy atom. The second-order valence-corrected chi connectivity index (χ2v) is 6.41. The summed E-state index contributed by atoms with van der Waals surface area (Å²) in [5.41, 5.74) is 2.28. The molecule has 0 fully saturated rings. The van der Waals surface area contributed by atoms with Crippen LogP contribution in [-0.4, -0.2) is 23.0 Å². The van der Waals surface area contributed by atoms with Crippen molar-refractivity contribution in [2.75, 3.05) is 12.4 Å². The summed E-state index contributed by atoms with van der Waals surface area (Å²) in [6, 6.07) is 12.2. The van der Waals surface area contributed by atoms with Crippen molar-refractivity contribution in [1.82, 2.24) is 9.97 Å². The molecule has 0 radical (unpaired) electrons. The van der Waals surface area contributed by atoms with Crippen LogP contribution in [0.5, 0.6) is 5.75 Å². The second-order valence-electron chi connectivity index (χ2n) is 5.53. The minimum atomic E-state index is -0.331. The van der Waals surface area contributed by atoms with Crippen LogP contribution in [0.2, 0.25) is 10.0 Å². The van der Waals surface area contributed by atoms with Gasteiger partial charge in [-0.25, -0.2) is 9.97 Å². The van der Waals surface area contributed by atoms with Gasteiger partial charge in [-0.2, -0.15) is 0 Å². The van der Waals surface area contributed by atoms with E-state index in [9.17, 15) is 4.79 Å². The molecule has 1 N–H and O–H groups in total. The largest absolute Gasteiger partial charge is 0.497 e. The summed E-state index contributed by atoms with van der Waals surface area (Å²) in [4.78, 5) is 21.2. The fourth-order valence-electron chi connectivity index (χ4n) is 2.39.